The van der Waals surface area contributed by atoms with Gasteiger partial charge in [-0.2, -0.15) is 0 Å². The largest absolute Gasteiger partial charge is 0.384 e. The van der Waals surface area contributed by atoms with Gasteiger partial charge in [0.1, 0.15) is 6.61 Å². The zero-order chi connectivity index (χ0) is 14.4. The molecule has 104 valence electrons. The summed E-state index contributed by atoms with van der Waals surface area (Å²) in [7, 11) is -3.49. The number of rotatable bonds is 4. The van der Waals surface area contributed by atoms with Crippen LogP contribution in [-0.4, -0.2) is 20.1 Å². The highest BCUT2D eigenvalue weighted by Crippen LogP contribution is 2.15. The maximum atomic E-state index is 12.0. The SMILES string of the molecule is O=S(=O)(NCc1cc(C#CCO)cs1)c1ccccc1. The summed E-state index contributed by atoms with van der Waals surface area (Å²) < 4.78 is 26.6. The van der Waals surface area contributed by atoms with Gasteiger partial charge in [-0.25, -0.2) is 13.1 Å². The lowest BCUT2D eigenvalue weighted by Crippen LogP contribution is -2.22. The number of nitrogens with one attached hydrogen (secondary N) is 1. The third-order valence-corrected chi connectivity index (χ3v) is 4.81. The van der Waals surface area contributed by atoms with Crippen molar-refractivity contribution in [3.8, 4) is 11.8 Å². The number of benzene rings is 1. The van der Waals surface area contributed by atoms with Gasteiger partial charge in [0.15, 0.2) is 0 Å². The van der Waals surface area contributed by atoms with Crippen molar-refractivity contribution in [1.82, 2.24) is 4.72 Å². The summed E-state index contributed by atoms with van der Waals surface area (Å²) in [4.78, 5) is 1.11. The second-order valence-corrected chi connectivity index (χ2v) is 6.66. The van der Waals surface area contributed by atoms with Crippen LogP contribution in [0.3, 0.4) is 0 Å². The van der Waals surface area contributed by atoms with Crippen LogP contribution in [0.5, 0.6) is 0 Å². The Morgan fingerprint density at radius 2 is 2.00 bits per heavy atom. The summed E-state index contributed by atoms with van der Waals surface area (Å²) in [5.74, 6) is 5.33. The Morgan fingerprint density at radius 1 is 1.25 bits per heavy atom. The Balaban J connectivity index is 2.03. The molecule has 0 radical (unpaired) electrons. The van der Waals surface area contributed by atoms with Crippen molar-refractivity contribution in [2.24, 2.45) is 0 Å². The standard InChI is InChI=1S/C14H13NO3S2/c16-8-4-5-12-9-13(19-11-12)10-15-20(17,18)14-6-2-1-3-7-14/h1-3,6-7,9,11,15-16H,8,10H2. The van der Waals surface area contributed by atoms with Gasteiger partial charge in [0.25, 0.3) is 0 Å². The van der Waals surface area contributed by atoms with E-state index in [0.717, 1.165) is 10.4 Å². The molecule has 0 aliphatic carbocycles. The minimum Gasteiger partial charge on any atom is -0.384 e. The molecule has 0 bridgehead atoms. The number of aliphatic hydroxyl groups excluding tert-OH is 1. The van der Waals surface area contributed by atoms with E-state index >= 15 is 0 Å². The van der Waals surface area contributed by atoms with E-state index in [2.05, 4.69) is 16.6 Å². The molecule has 0 atom stereocenters. The molecule has 0 saturated heterocycles. The van der Waals surface area contributed by atoms with Crippen LogP contribution in [0.1, 0.15) is 10.4 Å². The Hall–Kier alpha value is -1.65. The summed E-state index contributed by atoms with van der Waals surface area (Å²) >= 11 is 1.42. The van der Waals surface area contributed by atoms with Crippen molar-refractivity contribution >= 4 is 21.4 Å². The summed E-state index contributed by atoms with van der Waals surface area (Å²) in [5.41, 5.74) is 0.776. The van der Waals surface area contributed by atoms with Crippen molar-refractivity contribution < 1.29 is 13.5 Å². The summed E-state index contributed by atoms with van der Waals surface area (Å²) in [6, 6.07) is 10.0. The molecule has 0 unspecified atom stereocenters. The van der Waals surface area contributed by atoms with Crippen molar-refractivity contribution in [2.75, 3.05) is 6.61 Å². The molecule has 0 spiro atoms. The van der Waals surface area contributed by atoms with Gasteiger partial charge in [-0.1, -0.05) is 30.0 Å². The molecule has 2 rings (SSSR count). The molecule has 0 fully saturated rings. The third kappa shape index (κ3) is 3.92. The number of hydrogen-bond acceptors (Lipinski definition) is 4. The molecule has 1 heterocycles. The zero-order valence-corrected chi connectivity index (χ0v) is 12.2. The zero-order valence-electron chi connectivity index (χ0n) is 10.5. The average molecular weight is 307 g/mol. The van der Waals surface area contributed by atoms with E-state index in [4.69, 9.17) is 5.11 Å². The predicted octanol–water partition coefficient (Wildman–Crippen LogP) is 1.57. The van der Waals surface area contributed by atoms with Crippen LogP contribution in [0.15, 0.2) is 46.7 Å². The number of thiophene rings is 1. The Bertz CT molecular complexity index is 725. The summed E-state index contributed by atoms with van der Waals surface area (Å²) in [6.45, 7) is 0.0362. The maximum absolute atomic E-state index is 12.0. The van der Waals surface area contributed by atoms with E-state index in [0.29, 0.717) is 0 Å². The monoisotopic (exact) mass is 307 g/mol. The number of hydrogen-bond donors (Lipinski definition) is 2. The van der Waals surface area contributed by atoms with E-state index < -0.39 is 10.0 Å². The van der Waals surface area contributed by atoms with E-state index in [1.54, 1.807) is 36.4 Å². The van der Waals surface area contributed by atoms with Crippen LogP contribution in [-0.2, 0) is 16.6 Å². The van der Waals surface area contributed by atoms with Gasteiger partial charge >= 0.3 is 0 Å². The molecule has 20 heavy (non-hydrogen) atoms. The lowest BCUT2D eigenvalue weighted by Gasteiger charge is -2.04. The van der Waals surface area contributed by atoms with Gasteiger partial charge in [-0.15, -0.1) is 11.3 Å². The maximum Gasteiger partial charge on any atom is 0.240 e. The van der Waals surface area contributed by atoms with E-state index in [1.807, 2.05) is 5.38 Å². The number of aliphatic hydroxyl groups is 1. The minimum atomic E-state index is -3.49. The molecular formula is C14H13NO3S2. The second kappa shape index (κ2) is 6.68. The van der Waals surface area contributed by atoms with E-state index in [1.165, 1.54) is 11.3 Å². The smallest absolute Gasteiger partial charge is 0.240 e. The minimum absolute atomic E-state index is 0.189. The molecule has 0 amide bonds. The molecule has 1 aromatic carbocycles. The van der Waals surface area contributed by atoms with Crippen molar-refractivity contribution in [2.45, 2.75) is 11.4 Å². The third-order valence-electron chi connectivity index (χ3n) is 2.46. The molecule has 0 saturated carbocycles. The van der Waals surface area contributed by atoms with Crippen molar-refractivity contribution in [1.29, 1.82) is 0 Å². The second-order valence-electron chi connectivity index (χ2n) is 3.90. The number of sulfonamides is 1. The Labute approximate surface area is 122 Å². The van der Waals surface area contributed by atoms with Gasteiger partial charge in [0, 0.05) is 22.4 Å². The fourth-order valence-electron chi connectivity index (χ4n) is 1.53. The molecule has 4 nitrogen and oxygen atoms in total. The van der Waals surface area contributed by atoms with Gasteiger partial charge in [0.05, 0.1) is 4.90 Å². The lowest BCUT2D eigenvalue weighted by molar-refractivity contribution is 0.350. The molecular weight excluding hydrogens is 294 g/mol. The van der Waals surface area contributed by atoms with Crippen LogP contribution in [0, 0.1) is 11.8 Å². The highest BCUT2D eigenvalue weighted by atomic mass is 32.2. The molecule has 6 heteroatoms. The Kier molecular flexibility index (Phi) is 4.93. The quantitative estimate of drug-likeness (QED) is 0.843. The van der Waals surface area contributed by atoms with Gasteiger partial charge in [0.2, 0.25) is 10.0 Å². The van der Waals surface area contributed by atoms with Crippen molar-refractivity contribution in [3.05, 3.63) is 52.2 Å². The first kappa shape index (κ1) is 14.8. The average Bonchev–Trinajstić information content (AvgIpc) is 2.92. The molecule has 2 aromatic rings. The van der Waals surface area contributed by atoms with Crippen molar-refractivity contribution in [3.63, 3.8) is 0 Å². The summed E-state index contributed by atoms with van der Waals surface area (Å²) in [6.07, 6.45) is 0. The van der Waals surface area contributed by atoms with Crippen LogP contribution >= 0.6 is 11.3 Å². The van der Waals surface area contributed by atoms with Gasteiger partial charge in [-0.3, -0.25) is 0 Å². The lowest BCUT2D eigenvalue weighted by atomic mass is 10.3. The van der Waals surface area contributed by atoms with Crippen LogP contribution in [0.25, 0.3) is 0 Å². The molecule has 2 N–H and O–H groups in total. The first-order chi connectivity index (χ1) is 9.62. The van der Waals surface area contributed by atoms with Crippen LogP contribution in [0.4, 0.5) is 0 Å². The fraction of sp³-hybridized carbons (Fsp3) is 0.143. The topological polar surface area (TPSA) is 66.4 Å². The Morgan fingerprint density at radius 3 is 2.70 bits per heavy atom. The van der Waals surface area contributed by atoms with Gasteiger partial charge in [-0.05, 0) is 18.2 Å². The highest BCUT2D eigenvalue weighted by Gasteiger charge is 2.13. The van der Waals surface area contributed by atoms with E-state index in [9.17, 15) is 8.42 Å². The molecule has 0 aliphatic rings. The highest BCUT2D eigenvalue weighted by molar-refractivity contribution is 7.89. The van der Waals surface area contributed by atoms with E-state index in [-0.39, 0.29) is 18.0 Å². The fourth-order valence-corrected chi connectivity index (χ4v) is 3.40. The normalized spacial score (nSPS) is 10.8. The van der Waals surface area contributed by atoms with Crippen LogP contribution in [0.2, 0.25) is 0 Å². The summed E-state index contributed by atoms with van der Waals surface area (Å²) in [5, 5.41) is 10.4. The first-order valence-electron chi connectivity index (χ1n) is 5.84. The van der Waals surface area contributed by atoms with Gasteiger partial charge < -0.3 is 5.11 Å². The first-order valence-corrected chi connectivity index (χ1v) is 8.20. The van der Waals surface area contributed by atoms with Crippen LogP contribution < -0.4 is 4.72 Å². The molecule has 1 aromatic heterocycles. The predicted molar refractivity (Wildman–Crippen MR) is 78.8 cm³/mol. The molecule has 0 aliphatic heterocycles.